The lowest BCUT2D eigenvalue weighted by Gasteiger charge is -2.10. The fourth-order valence-corrected chi connectivity index (χ4v) is 1.47. The molecule has 0 aliphatic carbocycles. The molecular formula is C11H13F2N3OS. The van der Waals surface area contributed by atoms with E-state index < -0.39 is 11.6 Å². The van der Waals surface area contributed by atoms with Gasteiger partial charge in [0, 0.05) is 25.6 Å². The third kappa shape index (κ3) is 3.63. The predicted octanol–water partition coefficient (Wildman–Crippen LogP) is 1.15. The van der Waals surface area contributed by atoms with Gasteiger partial charge in [-0.1, -0.05) is 12.2 Å². The Bertz CT molecular complexity index is 480. The van der Waals surface area contributed by atoms with Gasteiger partial charge in [0.1, 0.15) is 4.99 Å². The Kier molecular flexibility index (Phi) is 4.96. The quantitative estimate of drug-likeness (QED) is 0.556. The second kappa shape index (κ2) is 6.25. The first-order valence-electron chi connectivity index (χ1n) is 5.19. The number of nitrogens with two attached hydrogens (primary N) is 1. The lowest BCUT2D eigenvalue weighted by atomic mass is 10.2. The molecule has 1 aromatic carbocycles. The van der Waals surface area contributed by atoms with E-state index in [0.29, 0.717) is 6.54 Å². The molecule has 4 N–H and O–H groups in total. The molecule has 0 radical (unpaired) electrons. The van der Waals surface area contributed by atoms with Gasteiger partial charge in [-0.05, 0) is 12.1 Å². The van der Waals surface area contributed by atoms with Gasteiger partial charge in [-0.3, -0.25) is 4.79 Å². The number of carbonyl (C=O) groups excluding carboxylic acids is 1. The molecule has 0 aliphatic rings. The fraction of sp³-hybridized carbons (Fsp3) is 0.273. The van der Waals surface area contributed by atoms with E-state index in [1.165, 1.54) is 19.1 Å². The SMILES string of the molecule is CC(=O)NCCNc1ccc(C(N)=S)c(F)c1F. The number of hydrogen-bond donors (Lipinski definition) is 3. The summed E-state index contributed by atoms with van der Waals surface area (Å²) in [5, 5.41) is 5.18. The Labute approximate surface area is 109 Å². The Morgan fingerprint density at radius 1 is 1.33 bits per heavy atom. The van der Waals surface area contributed by atoms with Crippen LogP contribution in [0.25, 0.3) is 0 Å². The van der Waals surface area contributed by atoms with Crippen LogP contribution in [0.3, 0.4) is 0 Å². The number of halogens is 2. The summed E-state index contributed by atoms with van der Waals surface area (Å²) in [6, 6.07) is 2.65. The number of amides is 1. The first-order chi connectivity index (χ1) is 8.43. The number of nitrogens with one attached hydrogen (secondary N) is 2. The van der Waals surface area contributed by atoms with Crippen molar-refractivity contribution >= 4 is 28.8 Å². The number of thiocarbonyl (C=S) groups is 1. The minimum Gasteiger partial charge on any atom is -0.389 e. The molecule has 4 nitrogen and oxygen atoms in total. The third-order valence-electron chi connectivity index (χ3n) is 2.16. The molecule has 0 spiro atoms. The van der Waals surface area contributed by atoms with Crippen LogP contribution in [-0.4, -0.2) is 24.0 Å². The molecule has 0 atom stereocenters. The lowest BCUT2D eigenvalue weighted by molar-refractivity contribution is -0.118. The van der Waals surface area contributed by atoms with Gasteiger partial charge in [0.05, 0.1) is 5.69 Å². The van der Waals surface area contributed by atoms with Crippen molar-refractivity contribution in [2.45, 2.75) is 6.92 Å². The van der Waals surface area contributed by atoms with Crippen LogP contribution in [0.4, 0.5) is 14.5 Å². The Hall–Kier alpha value is -1.76. The molecule has 1 aromatic rings. The topological polar surface area (TPSA) is 67.2 Å². The Balaban J connectivity index is 2.71. The molecule has 1 rings (SSSR count). The van der Waals surface area contributed by atoms with Gasteiger partial charge >= 0.3 is 0 Å². The van der Waals surface area contributed by atoms with Gasteiger partial charge in [0.2, 0.25) is 5.91 Å². The molecular weight excluding hydrogens is 260 g/mol. The van der Waals surface area contributed by atoms with Gasteiger partial charge < -0.3 is 16.4 Å². The van der Waals surface area contributed by atoms with Crippen molar-refractivity contribution in [1.29, 1.82) is 0 Å². The summed E-state index contributed by atoms with van der Waals surface area (Å²) >= 11 is 4.59. The van der Waals surface area contributed by atoms with E-state index in [1.807, 2.05) is 0 Å². The number of rotatable bonds is 5. The van der Waals surface area contributed by atoms with Crippen LogP contribution in [0, 0.1) is 11.6 Å². The normalized spacial score (nSPS) is 9.94. The van der Waals surface area contributed by atoms with Crippen molar-refractivity contribution in [2.24, 2.45) is 5.73 Å². The van der Waals surface area contributed by atoms with Gasteiger partial charge in [0.15, 0.2) is 11.6 Å². The van der Waals surface area contributed by atoms with E-state index in [9.17, 15) is 13.6 Å². The van der Waals surface area contributed by atoms with Crippen LogP contribution >= 0.6 is 12.2 Å². The summed E-state index contributed by atoms with van der Waals surface area (Å²) < 4.78 is 27.1. The molecule has 0 aliphatic heterocycles. The molecule has 1 amide bonds. The summed E-state index contributed by atoms with van der Waals surface area (Å²) in [5.74, 6) is -2.30. The average Bonchev–Trinajstić information content (AvgIpc) is 2.29. The summed E-state index contributed by atoms with van der Waals surface area (Å²) in [5.41, 5.74) is 5.11. The molecule has 0 saturated heterocycles. The van der Waals surface area contributed by atoms with E-state index in [2.05, 4.69) is 22.9 Å². The Morgan fingerprint density at radius 2 is 2.00 bits per heavy atom. The predicted molar refractivity (Wildman–Crippen MR) is 69.4 cm³/mol. The van der Waals surface area contributed by atoms with Gasteiger partial charge in [-0.2, -0.15) is 0 Å². The van der Waals surface area contributed by atoms with Gasteiger partial charge in [-0.15, -0.1) is 0 Å². The van der Waals surface area contributed by atoms with Crippen LogP contribution in [0.1, 0.15) is 12.5 Å². The minimum atomic E-state index is -1.08. The first kappa shape index (κ1) is 14.3. The molecule has 0 saturated carbocycles. The first-order valence-corrected chi connectivity index (χ1v) is 5.60. The smallest absolute Gasteiger partial charge is 0.216 e. The van der Waals surface area contributed by atoms with Gasteiger partial charge in [0.25, 0.3) is 0 Å². The average molecular weight is 273 g/mol. The fourth-order valence-electron chi connectivity index (χ4n) is 1.31. The zero-order valence-corrected chi connectivity index (χ0v) is 10.5. The van der Waals surface area contributed by atoms with Crippen LogP contribution in [0.15, 0.2) is 12.1 Å². The maximum absolute atomic E-state index is 13.6. The van der Waals surface area contributed by atoms with E-state index in [4.69, 9.17) is 5.73 Å². The van der Waals surface area contributed by atoms with Crippen molar-refractivity contribution in [2.75, 3.05) is 18.4 Å². The molecule has 0 unspecified atom stereocenters. The number of hydrogen-bond acceptors (Lipinski definition) is 3. The zero-order valence-electron chi connectivity index (χ0n) is 9.72. The second-order valence-electron chi connectivity index (χ2n) is 3.56. The summed E-state index contributed by atoms with van der Waals surface area (Å²) in [6.07, 6.45) is 0. The van der Waals surface area contributed by atoms with Crippen LogP contribution in [-0.2, 0) is 4.79 Å². The van der Waals surface area contributed by atoms with Crippen LogP contribution < -0.4 is 16.4 Å². The highest BCUT2D eigenvalue weighted by Gasteiger charge is 2.14. The molecule has 0 aromatic heterocycles. The molecule has 0 fully saturated rings. The Morgan fingerprint density at radius 3 is 2.56 bits per heavy atom. The maximum Gasteiger partial charge on any atom is 0.216 e. The standard InChI is InChI=1S/C11H13F2N3OS/c1-6(17)15-4-5-16-8-3-2-7(11(14)18)9(12)10(8)13/h2-3,16H,4-5H2,1H3,(H2,14,18)(H,15,17). The number of benzene rings is 1. The molecule has 98 valence electrons. The van der Waals surface area contributed by atoms with E-state index in [-0.39, 0.29) is 28.7 Å². The number of anilines is 1. The van der Waals surface area contributed by atoms with Crippen LogP contribution in [0.2, 0.25) is 0 Å². The van der Waals surface area contributed by atoms with Crippen molar-refractivity contribution in [3.05, 3.63) is 29.3 Å². The summed E-state index contributed by atoms with van der Waals surface area (Å²) in [6.45, 7) is 1.97. The molecule has 7 heteroatoms. The zero-order chi connectivity index (χ0) is 13.7. The minimum absolute atomic E-state index is 0.00199. The van der Waals surface area contributed by atoms with Crippen LogP contribution in [0.5, 0.6) is 0 Å². The van der Waals surface area contributed by atoms with Crippen molar-refractivity contribution in [1.82, 2.24) is 5.32 Å². The third-order valence-corrected chi connectivity index (χ3v) is 2.38. The highest BCUT2D eigenvalue weighted by Crippen LogP contribution is 2.20. The molecule has 0 heterocycles. The molecule has 0 bridgehead atoms. The maximum atomic E-state index is 13.6. The lowest BCUT2D eigenvalue weighted by Crippen LogP contribution is -2.26. The highest BCUT2D eigenvalue weighted by atomic mass is 32.1. The van der Waals surface area contributed by atoms with Crippen molar-refractivity contribution < 1.29 is 13.6 Å². The van der Waals surface area contributed by atoms with E-state index in [1.54, 1.807) is 0 Å². The highest BCUT2D eigenvalue weighted by molar-refractivity contribution is 7.80. The van der Waals surface area contributed by atoms with Crippen molar-refractivity contribution in [3.8, 4) is 0 Å². The summed E-state index contributed by atoms with van der Waals surface area (Å²) in [7, 11) is 0. The largest absolute Gasteiger partial charge is 0.389 e. The number of carbonyl (C=O) groups is 1. The van der Waals surface area contributed by atoms with E-state index in [0.717, 1.165) is 0 Å². The monoisotopic (exact) mass is 273 g/mol. The second-order valence-corrected chi connectivity index (χ2v) is 4.00. The van der Waals surface area contributed by atoms with E-state index >= 15 is 0 Å². The molecule has 18 heavy (non-hydrogen) atoms. The summed E-state index contributed by atoms with van der Waals surface area (Å²) in [4.78, 5) is 10.4. The van der Waals surface area contributed by atoms with Crippen molar-refractivity contribution in [3.63, 3.8) is 0 Å². The van der Waals surface area contributed by atoms with Gasteiger partial charge in [-0.25, -0.2) is 8.78 Å².